The lowest BCUT2D eigenvalue weighted by molar-refractivity contribution is -0.131. The first-order chi connectivity index (χ1) is 7.79. The fourth-order valence-electron chi connectivity index (χ4n) is 2.79. The molecule has 1 aliphatic carbocycles. The van der Waals surface area contributed by atoms with Crippen LogP contribution in [0.4, 0.5) is 0 Å². The molecule has 1 atom stereocenters. The van der Waals surface area contributed by atoms with Crippen LogP contribution in [0, 0.1) is 5.92 Å². The molecule has 0 aromatic heterocycles. The van der Waals surface area contributed by atoms with Gasteiger partial charge in [-0.2, -0.15) is 0 Å². The minimum atomic E-state index is -0.163. The van der Waals surface area contributed by atoms with Crippen molar-refractivity contribution < 1.29 is 9.53 Å². The van der Waals surface area contributed by atoms with Gasteiger partial charge in [0.05, 0.1) is 0 Å². The molecule has 3 nitrogen and oxygen atoms in total. The average Bonchev–Trinajstić information content (AvgIpc) is 2.83. The molecule has 16 heavy (non-hydrogen) atoms. The van der Waals surface area contributed by atoms with E-state index in [-0.39, 0.29) is 12.0 Å². The minimum absolute atomic E-state index is 0.123. The summed E-state index contributed by atoms with van der Waals surface area (Å²) in [6.07, 6.45) is 7.89. The molecule has 1 saturated carbocycles. The third-order valence-corrected chi connectivity index (χ3v) is 3.99. The Balaban J connectivity index is 1.71. The summed E-state index contributed by atoms with van der Waals surface area (Å²) >= 11 is 0. The number of carbonyl (C=O) groups excluding carboxylic acids is 1. The normalized spacial score (nSPS) is 34.9. The van der Waals surface area contributed by atoms with Gasteiger partial charge in [0.1, 0.15) is 6.10 Å². The van der Waals surface area contributed by atoms with Crippen molar-refractivity contribution in [3.8, 4) is 0 Å². The van der Waals surface area contributed by atoms with Crippen LogP contribution >= 0.6 is 0 Å². The smallest absolute Gasteiger partial charge is 0.249 e. The molecule has 3 heteroatoms. The van der Waals surface area contributed by atoms with E-state index >= 15 is 0 Å². The first-order valence-corrected chi connectivity index (χ1v) is 6.71. The van der Waals surface area contributed by atoms with E-state index in [0.717, 1.165) is 38.2 Å². The monoisotopic (exact) mass is 225 g/mol. The predicted molar refractivity (Wildman–Crippen MR) is 63.2 cm³/mol. The van der Waals surface area contributed by atoms with Crippen LogP contribution in [0.5, 0.6) is 0 Å². The van der Waals surface area contributed by atoms with Crippen LogP contribution in [0.25, 0.3) is 0 Å². The van der Waals surface area contributed by atoms with Gasteiger partial charge in [-0.05, 0) is 44.4 Å². The Hall–Kier alpha value is -0.570. The second-order valence-corrected chi connectivity index (χ2v) is 5.14. The van der Waals surface area contributed by atoms with E-state index in [2.05, 4.69) is 12.2 Å². The number of nitrogens with one attached hydrogen (secondary N) is 1. The van der Waals surface area contributed by atoms with Crippen molar-refractivity contribution in [2.45, 2.75) is 64.0 Å². The SMILES string of the molecule is CCC1CCC(NC(=O)[C@H]2CCCO2)CC1. The van der Waals surface area contributed by atoms with Crippen molar-refractivity contribution in [3.63, 3.8) is 0 Å². The van der Waals surface area contributed by atoms with Crippen molar-refractivity contribution in [1.29, 1.82) is 0 Å². The highest BCUT2D eigenvalue weighted by atomic mass is 16.5. The van der Waals surface area contributed by atoms with Gasteiger partial charge in [0.15, 0.2) is 0 Å². The minimum Gasteiger partial charge on any atom is -0.368 e. The Morgan fingerprint density at radius 3 is 2.56 bits per heavy atom. The largest absolute Gasteiger partial charge is 0.368 e. The molecule has 2 aliphatic rings. The summed E-state index contributed by atoms with van der Waals surface area (Å²) in [7, 11) is 0. The molecular weight excluding hydrogens is 202 g/mol. The molecule has 92 valence electrons. The van der Waals surface area contributed by atoms with Crippen LogP contribution in [0.1, 0.15) is 51.9 Å². The zero-order valence-electron chi connectivity index (χ0n) is 10.2. The Labute approximate surface area is 97.9 Å². The van der Waals surface area contributed by atoms with Crippen LogP contribution < -0.4 is 5.32 Å². The van der Waals surface area contributed by atoms with Crippen LogP contribution in [-0.2, 0) is 9.53 Å². The van der Waals surface area contributed by atoms with Gasteiger partial charge in [-0.1, -0.05) is 13.3 Å². The van der Waals surface area contributed by atoms with Crippen molar-refractivity contribution in [1.82, 2.24) is 5.32 Å². The lowest BCUT2D eigenvalue weighted by Crippen LogP contribution is -2.42. The number of hydrogen-bond acceptors (Lipinski definition) is 2. The number of rotatable bonds is 3. The first kappa shape index (κ1) is 11.9. The van der Waals surface area contributed by atoms with Crippen LogP contribution in [0.3, 0.4) is 0 Å². The van der Waals surface area contributed by atoms with E-state index in [4.69, 9.17) is 4.74 Å². The summed E-state index contributed by atoms with van der Waals surface area (Å²) in [4.78, 5) is 11.8. The lowest BCUT2D eigenvalue weighted by Gasteiger charge is -2.29. The Morgan fingerprint density at radius 2 is 2.00 bits per heavy atom. The quantitative estimate of drug-likeness (QED) is 0.800. The third-order valence-electron chi connectivity index (χ3n) is 3.99. The zero-order chi connectivity index (χ0) is 11.4. The van der Waals surface area contributed by atoms with Gasteiger partial charge in [0.2, 0.25) is 5.91 Å². The molecule has 1 amide bonds. The van der Waals surface area contributed by atoms with Crippen molar-refractivity contribution in [3.05, 3.63) is 0 Å². The van der Waals surface area contributed by atoms with Gasteiger partial charge in [-0.3, -0.25) is 4.79 Å². The number of carbonyl (C=O) groups is 1. The molecule has 2 rings (SSSR count). The van der Waals surface area contributed by atoms with Crippen molar-refractivity contribution in [2.75, 3.05) is 6.61 Å². The first-order valence-electron chi connectivity index (χ1n) is 6.71. The lowest BCUT2D eigenvalue weighted by atomic mass is 9.84. The van der Waals surface area contributed by atoms with Gasteiger partial charge in [-0.25, -0.2) is 0 Å². The van der Waals surface area contributed by atoms with Crippen molar-refractivity contribution >= 4 is 5.91 Å². The number of ether oxygens (including phenoxy) is 1. The molecule has 0 bridgehead atoms. The van der Waals surface area contributed by atoms with E-state index in [1.165, 1.54) is 19.3 Å². The molecule has 0 aromatic rings. The van der Waals surface area contributed by atoms with E-state index < -0.39 is 0 Å². The Bertz CT molecular complexity index is 228. The maximum absolute atomic E-state index is 11.8. The molecule has 1 aliphatic heterocycles. The summed E-state index contributed by atoms with van der Waals surface area (Å²) in [6, 6.07) is 0.402. The average molecular weight is 225 g/mol. The van der Waals surface area contributed by atoms with Gasteiger partial charge in [0.25, 0.3) is 0 Å². The fourth-order valence-corrected chi connectivity index (χ4v) is 2.79. The second kappa shape index (κ2) is 5.67. The molecular formula is C13H23NO2. The van der Waals surface area contributed by atoms with Crippen LogP contribution in [-0.4, -0.2) is 24.7 Å². The molecule has 1 N–H and O–H groups in total. The van der Waals surface area contributed by atoms with E-state index in [9.17, 15) is 4.79 Å². The number of amides is 1. The van der Waals surface area contributed by atoms with Crippen LogP contribution in [0.2, 0.25) is 0 Å². The van der Waals surface area contributed by atoms with Gasteiger partial charge in [0, 0.05) is 12.6 Å². The summed E-state index contributed by atoms with van der Waals surface area (Å²) < 4.78 is 5.39. The maximum Gasteiger partial charge on any atom is 0.249 e. The van der Waals surface area contributed by atoms with E-state index in [0.29, 0.717) is 6.04 Å². The zero-order valence-corrected chi connectivity index (χ0v) is 10.2. The van der Waals surface area contributed by atoms with Crippen molar-refractivity contribution in [2.24, 2.45) is 5.92 Å². The number of hydrogen-bond donors (Lipinski definition) is 1. The highest BCUT2D eigenvalue weighted by Crippen LogP contribution is 2.26. The van der Waals surface area contributed by atoms with Gasteiger partial charge >= 0.3 is 0 Å². The molecule has 0 spiro atoms. The predicted octanol–water partition coefficient (Wildman–Crippen LogP) is 2.25. The highest BCUT2D eigenvalue weighted by molar-refractivity contribution is 5.81. The van der Waals surface area contributed by atoms with Gasteiger partial charge < -0.3 is 10.1 Å². The third kappa shape index (κ3) is 2.97. The highest BCUT2D eigenvalue weighted by Gasteiger charge is 2.27. The molecule has 1 saturated heterocycles. The van der Waals surface area contributed by atoms with E-state index in [1.54, 1.807) is 0 Å². The summed E-state index contributed by atoms with van der Waals surface area (Å²) in [5.74, 6) is 1.01. The standard InChI is InChI=1S/C13H23NO2/c1-2-10-5-7-11(8-6-10)14-13(15)12-4-3-9-16-12/h10-12H,2-9H2,1H3,(H,14,15)/t10?,11?,12-/m1/s1. The molecule has 2 fully saturated rings. The molecule has 0 aromatic carbocycles. The second-order valence-electron chi connectivity index (χ2n) is 5.14. The topological polar surface area (TPSA) is 38.3 Å². The molecule has 1 heterocycles. The summed E-state index contributed by atoms with van der Waals surface area (Å²) in [5.41, 5.74) is 0. The summed E-state index contributed by atoms with van der Waals surface area (Å²) in [6.45, 7) is 3.01. The Morgan fingerprint density at radius 1 is 1.25 bits per heavy atom. The molecule has 0 unspecified atom stereocenters. The Kier molecular flexibility index (Phi) is 4.22. The summed E-state index contributed by atoms with van der Waals surface area (Å²) in [5, 5.41) is 3.14. The van der Waals surface area contributed by atoms with Crippen LogP contribution in [0.15, 0.2) is 0 Å². The maximum atomic E-state index is 11.8. The molecule has 0 radical (unpaired) electrons. The fraction of sp³-hybridized carbons (Fsp3) is 0.923. The van der Waals surface area contributed by atoms with Gasteiger partial charge in [-0.15, -0.1) is 0 Å². The van der Waals surface area contributed by atoms with E-state index in [1.807, 2.05) is 0 Å².